The molecule has 0 bridgehead atoms. The average Bonchev–Trinajstić information content (AvgIpc) is 3.11. The molecular formula is C18H17BrN2O3S. The molecule has 3 rings (SSSR count). The summed E-state index contributed by atoms with van der Waals surface area (Å²) < 4.78 is 17.5. The summed E-state index contributed by atoms with van der Waals surface area (Å²) in [5.74, 6) is 4.30. The predicted octanol–water partition coefficient (Wildman–Crippen LogP) is 4.82. The molecule has 0 unspecified atom stereocenters. The van der Waals surface area contributed by atoms with E-state index in [-0.39, 0.29) is 0 Å². The monoisotopic (exact) mass is 420 g/mol. The molecule has 3 aromatic rings. The third kappa shape index (κ3) is 5.24. The second-order valence-electron chi connectivity index (χ2n) is 5.08. The molecule has 2 aromatic carbocycles. The number of benzene rings is 2. The van der Waals surface area contributed by atoms with Crippen LogP contribution < -0.4 is 9.47 Å². The Morgan fingerprint density at radius 2 is 1.72 bits per heavy atom. The third-order valence-electron chi connectivity index (χ3n) is 3.34. The van der Waals surface area contributed by atoms with Crippen molar-refractivity contribution in [1.82, 2.24) is 10.2 Å². The lowest BCUT2D eigenvalue weighted by Crippen LogP contribution is -2.00. The lowest BCUT2D eigenvalue weighted by Gasteiger charge is -2.06. The molecule has 130 valence electrons. The number of halogens is 1. The summed E-state index contributed by atoms with van der Waals surface area (Å²) in [4.78, 5) is 0. The van der Waals surface area contributed by atoms with Crippen LogP contribution >= 0.6 is 27.7 Å². The molecule has 1 heterocycles. The SMILES string of the molecule is COc1ccc(OCCSCc2nnc(-c3ccc(Br)cc3)o2)cc1. The number of aromatic nitrogens is 2. The van der Waals surface area contributed by atoms with Crippen LogP contribution in [-0.2, 0) is 5.75 Å². The summed E-state index contributed by atoms with van der Waals surface area (Å²) in [6.07, 6.45) is 0. The van der Waals surface area contributed by atoms with Crippen LogP contribution in [0.3, 0.4) is 0 Å². The molecule has 0 N–H and O–H groups in total. The van der Waals surface area contributed by atoms with Gasteiger partial charge in [0.1, 0.15) is 11.5 Å². The van der Waals surface area contributed by atoms with Gasteiger partial charge in [0.05, 0.1) is 19.5 Å². The normalized spacial score (nSPS) is 10.6. The van der Waals surface area contributed by atoms with Gasteiger partial charge < -0.3 is 13.9 Å². The van der Waals surface area contributed by atoms with Gasteiger partial charge in [0.15, 0.2) is 0 Å². The lowest BCUT2D eigenvalue weighted by molar-refractivity contribution is 0.342. The van der Waals surface area contributed by atoms with Gasteiger partial charge in [0.2, 0.25) is 11.8 Å². The molecule has 5 nitrogen and oxygen atoms in total. The summed E-state index contributed by atoms with van der Waals surface area (Å²) in [5.41, 5.74) is 0.912. The van der Waals surface area contributed by atoms with Gasteiger partial charge in [-0.15, -0.1) is 22.0 Å². The number of hydrogen-bond acceptors (Lipinski definition) is 6. The molecule has 0 spiro atoms. The second-order valence-corrected chi connectivity index (χ2v) is 7.11. The molecule has 0 amide bonds. The molecule has 0 aliphatic heterocycles. The van der Waals surface area contributed by atoms with E-state index >= 15 is 0 Å². The van der Waals surface area contributed by atoms with Gasteiger partial charge in [0, 0.05) is 15.8 Å². The first-order valence-electron chi connectivity index (χ1n) is 7.67. The minimum Gasteiger partial charge on any atom is -0.497 e. The molecule has 0 radical (unpaired) electrons. The van der Waals surface area contributed by atoms with E-state index in [1.165, 1.54) is 0 Å². The van der Waals surface area contributed by atoms with Crippen molar-refractivity contribution in [1.29, 1.82) is 0 Å². The van der Waals surface area contributed by atoms with E-state index in [2.05, 4.69) is 26.1 Å². The van der Waals surface area contributed by atoms with Gasteiger partial charge in [-0.1, -0.05) is 15.9 Å². The molecule has 0 saturated heterocycles. The van der Waals surface area contributed by atoms with E-state index in [0.717, 1.165) is 27.3 Å². The van der Waals surface area contributed by atoms with Gasteiger partial charge in [0.25, 0.3) is 0 Å². The van der Waals surface area contributed by atoms with E-state index in [9.17, 15) is 0 Å². The van der Waals surface area contributed by atoms with Crippen LogP contribution in [0, 0.1) is 0 Å². The second kappa shape index (κ2) is 8.92. The Labute approximate surface area is 158 Å². The van der Waals surface area contributed by atoms with Gasteiger partial charge in [-0.05, 0) is 48.5 Å². The standard InChI is InChI=1S/C18H17BrN2O3S/c1-22-15-6-8-16(9-7-15)23-10-11-25-12-17-20-21-18(24-17)13-2-4-14(19)5-3-13/h2-9H,10-12H2,1H3. The Morgan fingerprint density at radius 1 is 1.00 bits per heavy atom. The van der Waals surface area contributed by atoms with Gasteiger partial charge in [-0.25, -0.2) is 0 Å². The molecule has 0 aliphatic rings. The fraction of sp³-hybridized carbons (Fsp3) is 0.222. The van der Waals surface area contributed by atoms with Crippen LogP contribution in [0.15, 0.2) is 57.4 Å². The average molecular weight is 421 g/mol. The zero-order valence-corrected chi connectivity index (χ0v) is 16.0. The molecule has 7 heteroatoms. The lowest BCUT2D eigenvalue weighted by atomic mass is 10.2. The molecule has 0 atom stereocenters. The van der Waals surface area contributed by atoms with Crippen LogP contribution in [0.2, 0.25) is 0 Å². The molecule has 1 aromatic heterocycles. The van der Waals surface area contributed by atoms with Crippen molar-refractivity contribution in [3.8, 4) is 23.0 Å². The maximum atomic E-state index is 5.69. The van der Waals surface area contributed by atoms with E-state index < -0.39 is 0 Å². The van der Waals surface area contributed by atoms with Crippen molar-refractivity contribution in [3.05, 3.63) is 58.9 Å². The molecule has 0 saturated carbocycles. The summed E-state index contributed by atoms with van der Waals surface area (Å²) in [6, 6.07) is 15.3. The van der Waals surface area contributed by atoms with Crippen molar-refractivity contribution < 1.29 is 13.9 Å². The Hall–Kier alpha value is -1.99. The Morgan fingerprint density at radius 3 is 2.44 bits per heavy atom. The van der Waals surface area contributed by atoms with E-state index in [1.54, 1.807) is 18.9 Å². The largest absolute Gasteiger partial charge is 0.497 e. The van der Waals surface area contributed by atoms with Gasteiger partial charge in [-0.3, -0.25) is 0 Å². The smallest absolute Gasteiger partial charge is 0.247 e. The van der Waals surface area contributed by atoms with Crippen LogP contribution in [0.25, 0.3) is 11.5 Å². The van der Waals surface area contributed by atoms with Crippen molar-refractivity contribution in [2.24, 2.45) is 0 Å². The first-order chi connectivity index (χ1) is 12.2. The first kappa shape index (κ1) is 17.8. The highest BCUT2D eigenvalue weighted by atomic mass is 79.9. The van der Waals surface area contributed by atoms with Crippen LogP contribution in [-0.4, -0.2) is 29.7 Å². The van der Waals surface area contributed by atoms with Crippen LogP contribution in [0.1, 0.15) is 5.89 Å². The summed E-state index contributed by atoms with van der Waals surface area (Å²) in [5, 5.41) is 8.18. The summed E-state index contributed by atoms with van der Waals surface area (Å²) >= 11 is 5.10. The van der Waals surface area contributed by atoms with E-state index in [1.807, 2.05) is 48.5 Å². The maximum Gasteiger partial charge on any atom is 0.247 e. The molecular weight excluding hydrogens is 404 g/mol. The number of nitrogens with zero attached hydrogens (tertiary/aromatic N) is 2. The minimum absolute atomic E-state index is 0.539. The van der Waals surface area contributed by atoms with E-state index in [4.69, 9.17) is 13.9 Å². The minimum atomic E-state index is 0.539. The molecule has 0 fully saturated rings. The zero-order chi connectivity index (χ0) is 17.5. The Bertz CT molecular complexity index is 791. The molecule has 0 aliphatic carbocycles. The number of rotatable bonds is 8. The van der Waals surface area contributed by atoms with Crippen molar-refractivity contribution in [2.75, 3.05) is 19.5 Å². The van der Waals surface area contributed by atoms with E-state index in [0.29, 0.717) is 24.1 Å². The Kier molecular flexibility index (Phi) is 6.36. The fourth-order valence-corrected chi connectivity index (χ4v) is 2.97. The van der Waals surface area contributed by atoms with Gasteiger partial charge >= 0.3 is 0 Å². The summed E-state index contributed by atoms with van der Waals surface area (Å²) in [6.45, 7) is 0.616. The number of hydrogen-bond donors (Lipinski definition) is 0. The fourth-order valence-electron chi connectivity index (χ4n) is 2.07. The number of methoxy groups -OCH3 is 1. The predicted molar refractivity (Wildman–Crippen MR) is 102 cm³/mol. The van der Waals surface area contributed by atoms with Gasteiger partial charge in [-0.2, -0.15) is 0 Å². The molecule has 25 heavy (non-hydrogen) atoms. The van der Waals surface area contributed by atoms with Crippen LogP contribution in [0.4, 0.5) is 0 Å². The highest BCUT2D eigenvalue weighted by molar-refractivity contribution is 9.10. The maximum absolute atomic E-state index is 5.69. The quantitative estimate of drug-likeness (QED) is 0.486. The summed E-state index contributed by atoms with van der Waals surface area (Å²) in [7, 11) is 1.65. The topological polar surface area (TPSA) is 57.4 Å². The highest BCUT2D eigenvalue weighted by Gasteiger charge is 2.08. The number of ether oxygens (including phenoxy) is 2. The first-order valence-corrected chi connectivity index (χ1v) is 9.62. The van der Waals surface area contributed by atoms with Crippen LogP contribution in [0.5, 0.6) is 11.5 Å². The van der Waals surface area contributed by atoms with Crippen molar-refractivity contribution in [2.45, 2.75) is 5.75 Å². The zero-order valence-electron chi connectivity index (χ0n) is 13.6. The Balaban J connectivity index is 1.41. The van der Waals surface area contributed by atoms with Crippen molar-refractivity contribution >= 4 is 27.7 Å². The van der Waals surface area contributed by atoms with Crippen molar-refractivity contribution in [3.63, 3.8) is 0 Å². The highest BCUT2D eigenvalue weighted by Crippen LogP contribution is 2.22. The number of thioether (sulfide) groups is 1. The third-order valence-corrected chi connectivity index (χ3v) is 4.77.